The summed E-state index contributed by atoms with van der Waals surface area (Å²) in [4.78, 5) is 25.9. The summed E-state index contributed by atoms with van der Waals surface area (Å²) in [5.74, 6) is -0.307. The Kier molecular flexibility index (Phi) is 6.31. The number of carboxylic acids is 1. The number of carbonyl (C=O) groups is 1. The molecule has 2 aromatic heterocycles. The van der Waals surface area contributed by atoms with Crippen molar-refractivity contribution in [3.63, 3.8) is 0 Å². The minimum atomic E-state index is -0.956. The van der Waals surface area contributed by atoms with Crippen LogP contribution in [0.25, 0.3) is 11.6 Å². The molecule has 166 valence electrons. The number of fused-ring (bicyclic) bond motifs is 1. The van der Waals surface area contributed by atoms with Crippen LogP contribution in [0, 0.1) is 0 Å². The molecule has 0 aliphatic carbocycles. The van der Waals surface area contributed by atoms with Crippen molar-refractivity contribution >= 4 is 23.3 Å². The first-order valence-corrected chi connectivity index (χ1v) is 10.5. The van der Waals surface area contributed by atoms with Gasteiger partial charge in [0.15, 0.2) is 0 Å². The molecule has 0 bridgehead atoms. The highest BCUT2D eigenvalue weighted by atomic mass is 16.6. The summed E-state index contributed by atoms with van der Waals surface area (Å²) >= 11 is 0. The fourth-order valence-electron chi connectivity index (χ4n) is 3.58. The van der Waals surface area contributed by atoms with Gasteiger partial charge in [-0.3, -0.25) is 9.97 Å². The molecule has 1 aromatic carbocycles. The van der Waals surface area contributed by atoms with Crippen molar-refractivity contribution in [3.05, 3.63) is 107 Å². The van der Waals surface area contributed by atoms with Crippen LogP contribution in [0.5, 0.6) is 0 Å². The summed E-state index contributed by atoms with van der Waals surface area (Å²) < 4.78 is 0. The molecule has 0 fully saturated rings. The summed E-state index contributed by atoms with van der Waals surface area (Å²) in [6.45, 7) is 5.58. The SMILES string of the molecule is CC(C)=NO/C(C)=C/c1cnc2c(c1)C(c1ccccn1)NC=C2c1ccc(C(=O)O)cc1. The van der Waals surface area contributed by atoms with Crippen LogP contribution in [0.2, 0.25) is 0 Å². The number of aromatic carboxylic acids is 1. The van der Waals surface area contributed by atoms with Crippen molar-refractivity contribution in [1.82, 2.24) is 15.3 Å². The molecule has 1 aliphatic rings. The van der Waals surface area contributed by atoms with E-state index in [2.05, 4.69) is 21.5 Å². The number of hydrogen-bond donors (Lipinski definition) is 2. The molecule has 33 heavy (non-hydrogen) atoms. The number of rotatable bonds is 6. The zero-order valence-corrected chi connectivity index (χ0v) is 18.6. The molecule has 1 atom stereocenters. The topological polar surface area (TPSA) is 96.7 Å². The first-order valence-electron chi connectivity index (χ1n) is 10.5. The van der Waals surface area contributed by atoms with Gasteiger partial charge in [-0.15, -0.1) is 0 Å². The number of nitrogens with one attached hydrogen (secondary N) is 1. The molecule has 7 nitrogen and oxygen atoms in total. The van der Waals surface area contributed by atoms with Gasteiger partial charge in [0.2, 0.25) is 0 Å². The molecule has 3 heterocycles. The Morgan fingerprint density at radius 3 is 2.58 bits per heavy atom. The van der Waals surface area contributed by atoms with Gasteiger partial charge >= 0.3 is 5.97 Å². The first-order chi connectivity index (χ1) is 15.9. The molecule has 3 aromatic rings. The van der Waals surface area contributed by atoms with E-state index in [4.69, 9.17) is 9.82 Å². The van der Waals surface area contributed by atoms with Crippen LogP contribution < -0.4 is 5.32 Å². The zero-order valence-electron chi connectivity index (χ0n) is 18.6. The van der Waals surface area contributed by atoms with Crippen LogP contribution in [0.15, 0.2) is 78.0 Å². The van der Waals surface area contributed by atoms with Gasteiger partial charge in [-0.05, 0) is 68.3 Å². The van der Waals surface area contributed by atoms with Crippen molar-refractivity contribution in [1.29, 1.82) is 0 Å². The smallest absolute Gasteiger partial charge is 0.335 e. The lowest BCUT2D eigenvalue weighted by Gasteiger charge is -2.27. The van der Waals surface area contributed by atoms with E-state index in [9.17, 15) is 9.90 Å². The standard InChI is InChI=1S/C26H24N4O3/c1-16(2)30-33-17(3)12-18-13-21-24(28-14-18)22(19-7-9-20(10-8-19)26(31)32)15-29-25(21)23-6-4-5-11-27-23/h4-15,25,29H,1-3H3,(H,31,32)/b17-12+. The van der Waals surface area contributed by atoms with Gasteiger partial charge in [0, 0.05) is 29.7 Å². The van der Waals surface area contributed by atoms with Crippen molar-refractivity contribution < 1.29 is 14.7 Å². The van der Waals surface area contributed by atoms with E-state index < -0.39 is 5.97 Å². The van der Waals surface area contributed by atoms with E-state index in [0.29, 0.717) is 5.76 Å². The number of pyridine rings is 2. The van der Waals surface area contributed by atoms with Gasteiger partial charge < -0.3 is 15.3 Å². The summed E-state index contributed by atoms with van der Waals surface area (Å²) in [6, 6.07) is 14.5. The lowest BCUT2D eigenvalue weighted by molar-refractivity contribution is 0.0697. The van der Waals surface area contributed by atoms with Crippen molar-refractivity contribution in [2.45, 2.75) is 26.8 Å². The molecular weight excluding hydrogens is 416 g/mol. The lowest BCUT2D eigenvalue weighted by atomic mass is 9.90. The third-order valence-electron chi connectivity index (χ3n) is 5.07. The van der Waals surface area contributed by atoms with Crippen molar-refractivity contribution in [2.24, 2.45) is 5.16 Å². The molecule has 0 saturated heterocycles. The molecule has 0 amide bonds. The second-order valence-electron chi connectivity index (χ2n) is 7.89. The quantitative estimate of drug-likeness (QED) is 0.317. The van der Waals surface area contributed by atoms with E-state index in [1.807, 2.05) is 51.2 Å². The maximum absolute atomic E-state index is 11.2. The molecule has 7 heteroatoms. The van der Waals surface area contributed by atoms with Crippen molar-refractivity contribution in [3.8, 4) is 0 Å². The Balaban J connectivity index is 1.77. The van der Waals surface area contributed by atoms with Crippen LogP contribution in [0.1, 0.15) is 65.2 Å². The van der Waals surface area contributed by atoms with E-state index >= 15 is 0 Å². The Hall–Kier alpha value is -4.26. The van der Waals surface area contributed by atoms with E-state index in [-0.39, 0.29) is 11.6 Å². The number of hydrogen-bond acceptors (Lipinski definition) is 6. The molecule has 0 radical (unpaired) electrons. The summed E-state index contributed by atoms with van der Waals surface area (Å²) in [5.41, 5.74) is 6.34. The Labute approximate surface area is 192 Å². The van der Waals surface area contributed by atoms with Gasteiger partial charge in [-0.2, -0.15) is 0 Å². The second-order valence-corrected chi connectivity index (χ2v) is 7.89. The average molecular weight is 441 g/mol. The molecular formula is C26H24N4O3. The molecule has 1 aliphatic heterocycles. The van der Waals surface area contributed by atoms with Gasteiger partial charge in [0.1, 0.15) is 5.76 Å². The monoisotopic (exact) mass is 440 g/mol. The third-order valence-corrected chi connectivity index (χ3v) is 5.07. The first kappa shape index (κ1) is 22.0. The third kappa shape index (κ3) is 4.98. The van der Waals surface area contributed by atoms with Crippen LogP contribution in [0.4, 0.5) is 0 Å². The summed E-state index contributed by atoms with van der Waals surface area (Å²) in [7, 11) is 0. The summed E-state index contributed by atoms with van der Waals surface area (Å²) in [5, 5.41) is 16.6. The fraction of sp³-hybridized carbons (Fsp3) is 0.154. The average Bonchev–Trinajstić information content (AvgIpc) is 2.82. The number of carboxylic acid groups (broad SMARTS) is 1. The maximum atomic E-state index is 11.2. The highest BCUT2D eigenvalue weighted by Gasteiger charge is 2.26. The number of nitrogens with zero attached hydrogens (tertiary/aromatic N) is 3. The zero-order chi connectivity index (χ0) is 23.4. The van der Waals surface area contributed by atoms with Crippen LogP contribution in [-0.4, -0.2) is 26.8 Å². The number of aromatic nitrogens is 2. The van der Waals surface area contributed by atoms with E-state index in [1.54, 1.807) is 36.7 Å². The predicted octanol–water partition coefficient (Wildman–Crippen LogP) is 5.03. The summed E-state index contributed by atoms with van der Waals surface area (Å²) in [6.07, 6.45) is 7.34. The van der Waals surface area contributed by atoms with Gasteiger partial charge in [0.05, 0.1) is 28.7 Å². The van der Waals surface area contributed by atoms with Crippen LogP contribution in [0.3, 0.4) is 0 Å². The van der Waals surface area contributed by atoms with Crippen LogP contribution in [-0.2, 0) is 4.84 Å². The maximum Gasteiger partial charge on any atom is 0.335 e. The highest BCUT2D eigenvalue weighted by Crippen LogP contribution is 2.35. The van der Waals surface area contributed by atoms with E-state index in [0.717, 1.165) is 39.4 Å². The second kappa shape index (κ2) is 9.48. The largest absolute Gasteiger partial charge is 0.478 e. The molecule has 1 unspecified atom stereocenters. The Bertz CT molecular complexity index is 1260. The predicted molar refractivity (Wildman–Crippen MR) is 127 cm³/mol. The Morgan fingerprint density at radius 2 is 1.91 bits per heavy atom. The Morgan fingerprint density at radius 1 is 1.12 bits per heavy atom. The lowest BCUT2D eigenvalue weighted by Crippen LogP contribution is -2.24. The molecule has 0 saturated carbocycles. The van der Waals surface area contributed by atoms with Gasteiger partial charge in [-0.25, -0.2) is 4.79 Å². The molecule has 2 N–H and O–H groups in total. The minimum Gasteiger partial charge on any atom is -0.478 e. The number of oxime groups is 1. The van der Waals surface area contributed by atoms with Crippen LogP contribution >= 0.6 is 0 Å². The van der Waals surface area contributed by atoms with Gasteiger partial charge in [0.25, 0.3) is 0 Å². The fourth-order valence-corrected chi connectivity index (χ4v) is 3.58. The molecule has 4 rings (SSSR count). The molecule has 0 spiro atoms. The number of benzene rings is 1. The highest BCUT2D eigenvalue weighted by molar-refractivity contribution is 5.89. The van der Waals surface area contributed by atoms with Gasteiger partial charge in [-0.1, -0.05) is 23.4 Å². The van der Waals surface area contributed by atoms with Crippen molar-refractivity contribution in [2.75, 3.05) is 0 Å². The normalized spacial score (nSPS) is 15.1. The van der Waals surface area contributed by atoms with E-state index in [1.165, 1.54) is 0 Å². The number of allylic oxidation sites excluding steroid dienone is 1. The minimum absolute atomic E-state index is 0.179.